The summed E-state index contributed by atoms with van der Waals surface area (Å²) in [4.78, 5) is 17.0. The van der Waals surface area contributed by atoms with Crippen LogP contribution in [0.25, 0.3) is 6.08 Å². The molecule has 0 aliphatic carbocycles. The number of hydrogen-bond acceptors (Lipinski definition) is 4. The van der Waals surface area contributed by atoms with Gasteiger partial charge >= 0.3 is 0 Å². The molecule has 0 bridgehead atoms. The van der Waals surface area contributed by atoms with E-state index in [1.807, 2.05) is 43.4 Å². The normalized spacial score (nSPS) is 10.8. The van der Waals surface area contributed by atoms with Crippen LogP contribution < -0.4 is 4.90 Å². The zero-order valence-electron chi connectivity index (χ0n) is 10.5. The van der Waals surface area contributed by atoms with E-state index in [1.165, 1.54) is 11.8 Å². The molecule has 4 heteroatoms. The van der Waals surface area contributed by atoms with Crippen molar-refractivity contribution in [1.29, 1.82) is 0 Å². The average molecular weight is 250 g/mol. The van der Waals surface area contributed by atoms with Crippen molar-refractivity contribution >= 4 is 28.8 Å². The summed E-state index contributed by atoms with van der Waals surface area (Å²) < 4.78 is 0. The first-order chi connectivity index (χ1) is 8.09. The second-order valence-electron chi connectivity index (χ2n) is 3.88. The zero-order valence-corrected chi connectivity index (χ0v) is 11.3. The average Bonchev–Trinajstić information content (AvgIpc) is 2.29. The van der Waals surface area contributed by atoms with Crippen LogP contribution in [0.1, 0.15) is 18.9 Å². The largest absolute Gasteiger partial charge is 0.363 e. The Hall–Kier alpha value is -1.29. The first-order valence-corrected chi connectivity index (χ1v) is 6.51. The number of hydrogen-bond donors (Lipinski definition) is 0. The molecule has 0 aliphatic heterocycles. The quantitative estimate of drug-likeness (QED) is 0.752. The van der Waals surface area contributed by atoms with Crippen LogP contribution in [-0.2, 0) is 4.79 Å². The van der Waals surface area contributed by atoms with Crippen LogP contribution in [0.15, 0.2) is 24.4 Å². The van der Waals surface area contributed by atoms with Gasteiger partial charge in [0.2, 0.25) is 0 Å². The lowest BCUT2D eigenvalue weighted by molar-refractivity contribution is -0.109. The van der Waals surface area contributed by atoms with Crippen LogP contribution in [0, 0.1) is 0 Å². The van der Waals surface area contributed by atoms with E-state index >= 15 is 0 Å². The molecular formula is C13H18N2OS. The number of rotatable bonds is 5. The van der Waals surface area contributed by atoms with E-state index in [4.69, 9.17) is 0 Å². The third kappa shape index (κ3) is 5.54. The molecule has 0 spiro atoms. The van der Waals surface area contributed by atoms with Crippen molar-refractivity contribution in [3.63, 3.8) is 0 Å². The van der Waals surface area contributed by atoms with Crippen molar-refractivity contribution in [3.8, 4) is 0 Å². The van der Waals surface area contributed by atoms with Crippen LogP contribution in [0.4, 0.5) is 5.82 Å². The predicted molar refractivity (Wildman–Crippen MR) is 75.4 cm³/mol. The molecule has 1 aromatic rings. The van der Waals surface area contributed by atoms with E-state index < -0.39 is 0 Å². The number of allylic oxidation sites excluding steroid dienone is 1. The molecule has 0 saturated heterocycles. The second-order valence-corrected chi connectivity index (χ2v) is 5.15. The molecule has 3 nitrogen and oxygen atoms in total. The zero-order chi connectivity index (χ0) is 12.7. The van der Waals surface area contributed by atoms with Crippen LogP contribution in [-0.4, -0.2) is 29.9 Å². The molecule has 0 unspecified atom stereocenters. The smallest absolute Gasteiger partial charge is 0.185 e. The summed E-state index contributed by atoms with van der Waals surface area (Å²) in [5.74, 6) is 1.80. The Bertz CT molecular complexity index is 385. The fraction of sp³-hybridized carbons (Fsp3) is 0.385. The highest BCUT2D eigenvalue weighted by atomic mass is 32.2. The lowest BCUT2D eigenvalue weighted by Gasteiger charge is -2.10. The summed E-state index contributed by atoms with van der Waals surface area (Å²) in [5.41, 5.74) is 1.09. The van der Waals surface area contributed by atoms with Crippen molar-refractivity contribution in [3.05, 3.63) is 30.0 Å². The maximum Gasteiger partial charge on any atom is 0.185 e. The second kappa shape index (κ2) is 7.12. The van der Waals surface area contributed by atoms with Crippen LogP contribution in [0.5, 0.6) is 0 Å². The van der Waals surface area contributed by atoms with Crippen molar-refractivity contribution in [2.24, 2.45) is 0 Å². The van der Waals surface area contributed by atoms with Gasteiger partial charge in [-0.2, -0.15) is 0 Å². The Labute approximate surface area is 107 Å². The molecule has 0 atom stereocenters. The summed E-state index contributed by atoms with van der Waals surface area (Å²) in [6, 6.07) is 4.03. The van der Waals surface area contributed by atoms with Crippen molar-refractivity contribution in [1.82, 2.24) is 4.98 Å². The molecule has 0 amide bonds. The number of pyridine rings is 1. The Morgan fingerprint density at radius 3 is 2.76 bits per heavy atom. The molecule has 92 valence electrons. The van der Waals surface area contributed by atoms with Gasteiger partial charge in [0, 0.05) is 33.0 Å². The van der Waals surface area contributed by atoms with Gasteiger partial charge in [-0.3, -0.25) is 4.79 Å². The monoisotopic (exact) mass is 250 g/mol. The van der Waals surface area contributed by atoms with Crippen LogP contribution in [0.2, 0.25) is 0 Å². The maximum absolute atomic E-state index is 10.7. The predicted octanol–water partition coefficient (Wildman–Crippen LogP) is 2.83. The van der Waals surface area contributed by atoms with E-state index in [2.05, 4.69) is 11.1 Å². The van der Waals surface area contributed by atoms with Crippen molar-refractivity contribution in [2.75, 3.05) is 24.7 Å². The lowest BCUT2D eigenvalue weighted by Crippen LogP contribution is -2.09. The number of nitrogens with zero attached hydrogens (tertiary/aromatic N) is 2. The summed E-state index contributed by atoms with van der Waals surface area (Å²) in [5, 5.41) is 0.176. The summed E-state index contributed by atoms with van der Waals surface area (Å²) in [7, 11) is 3.94. The number of anilines is 1. The Morgan fingerprint density at radius 1 is 1.47 bits per heavy atom. The number of carbonyl (C=O) groups excluding carboxylic acids is 1. The van der Waals surface area contributed by atoms with E-state index in [-0.39, 0.29) is 5.12 Å². The van der Waals surface area contributed by atoms with Gasteiger partial charge in [0.05, 0.1) is 0 Å². The summed E-state index contributed by atoms with van der Waals surface area (Å²) in [6.07, 6.45) is 6.86. The fourth-order valence-electron chi connectivity index (χ4n) is 1.25. The maximum atomic E-state index is 10.7. The lowest BCUT2D eigenvalue weighted by atomic mass is 10.2. The van der Waals surface area contributed by atoms with Gasteiger partial charge in [-0.15, -0.1) is 0 Å². The van der Waals surface area contributed by atoms with Gasteiger partial charge in [0.25, 0.3) is 0 Å². The van der Waals surface area contributed by atoms with Gasteiger partial charge in [0.15, 0.2) is 5.12 Å². The van der Waals surface area contributed by atoms with Gasteiger partial charge in [-0.1, -0.05) is 23.9 Å². The topological polar surface area (TPSA) is 33.2 Å². The van der Waals surface area contributed by atoms with E-state index in [0.29, 0.717) is 0 Å². The first-order valence-electron chi connectivity index (χ1n) is 5.53. The first kappa shape index (κ1) is 13.8. The highest BCUT2D eigenvalue weighted by Crippen LogP contribution is 2.10. The minimum atomic E-state index is 0.176. The molecule has 0 aliphatic rings. The van der Waals surface area contributed by atoms with Crippen LogP contribution in [0.3, 0.4) is 0 Å². The molecule has 0 fully saturated rings. The molecule has 1 aromatic heterocycles. The van der Waals surface area contributed by atoms with Gasteiger partial charge < -0.3 is 4.90 Å². The molecule has 1 heterocycles. The van der Waals surface area contributed by atoms with Crippen LogP contribution >= 0.6 is 11.8 Å². The molecule has 0 radical (unpaired) electrons. The van der Waals surface area contributed by atoms with Gasteiger partial charge in [-0.25, -0.2) is 4.98 Å². The molecule has 17 heavy (non-hydrogen) atoms. The Balaban J connectivity index is 2.41. The fourth-order valence-corrected chi connectivity index (χ4v) is 1.79. The summed E-state index contributed by atoms with van der Waals surface area (Å²) in [6.45, 7) is 1.60. The number of thioether (sulfide) groups is 1. The number of aromatic nitrogens is 1. The van der Waals surface area contributed by atoms with E-state index in [0.717, 1.165) is 23.6 Å². The Kier molecular flexibility index (Phi) is 5.77. The summed E-state index contributed by atoms with van der Waals surface area (Å²) >= 11 is 1.36. The molecular weight excluding hydrogens is 232 g/mol. The molecule has 0 aromatic carbocycles. The molecule has 0 N–H and O–H groups in total. The highest BCUT2D eigenvalue weighted by molar-refractivity contribution is 8.13. The molecule has 1 rings (SSSR count). The minimum Gasteiger partial charge on any atom is -0.363 e. The standard InChI is InChI=1S/C13H18N2OS/c1-11(16)17-9-5-4-6-12-7-8-13(14-10-12)15(2)3/h4,6-8,10H,5,9H2,1-3H3. The van der Waals surface area contributed by atoms with Gasteiger partial charge in [-0.05, 0) is 24.1 Å². The van der Waals surface area contributed by atoms with E-state index in [9.17, 15) is 4.79 Å². The van der Waals surface area contributed by atoms with Crippen molar-refractivity contribution < 1.29 is 4.79 Å². The third-order valence-electron chi connectivity index (χ3n) is 2.13. The molecule has 0 saturated carbocycles. The van der Waals surface area contributed by atoms with Gasteiger partial charge in [0.1, 0.15) is 5.82 Å². The SMILES string of the molecule is CC(=O)SCCC=Cc1ccc(N(C)C)nc1. The van der Waals surface area contributed by atoms with Crippen molar-refractivity contribution in [2.45, 2.75) is 13.3 Å². The Morgan fingerprint density at radius 2 is 2.24 bits per heavy atom. The number of carbonyl (C=O) groups is 1. The third-order valence-corrected chi connectivity index (χ3v) is 2.98. The van der Waals surface area contributed by atoms with E-state index in [1.54, 1.807) is 6.92 Å². The highest BCUT2D eigenvalue weighted by Gasteiger charge is 1.95. The minimum absolute atomic E-state index is 0.176.